The van der Waals surface area contributed by atoms with Gasteiger partial charge in [-0.15, -0.1) is 0 Å². The smallest absolute Gasteiger partial charge is 0.392 e. The molecule has 1 nitrogen and oxygen atoms in total. The third kappa shape index (κ3) is 3.63. The molecule has 0 bridgehead atoms. The molecule has 110 valence electrons. The van der Waals surface area contributed by atoms with Crippen molar-refractivity contribution in [2.24, 2.45) is 5.92 Å². The van der Waals surface area contributed by atoms with Crippen molar-refractivity contribution in [3.8, 4) is 0 Å². The van der Waals surface area contributed by atoms with Crippen molar-refractivity contribution in [2.75, 3.05) is 6.61 Å². The topological polar surface area (TPSA) is 20.2 Å². The first-order valence-electron chi connectivity index (χ1n) is 7.00. The Morgan fingerprint density at radius 2 is 1.80 bits per heavy atom. The number of hydrogen-bond acceptors (Lipinski definition) is 1. The van der Waals surface area contributed by atoms with Crippen LogP contribution in [0.1, 0.15) is 43.2 Å². The largest absolute Gasteiger partial charge is 0.416 e. The Balaban J connectivity index is 2.32. The Hall–Kier alpha value is -1.29. The van der Waals surface area contributed by atoms with Crippen LogP contribution < -0.4 is 0 Å². The van der Waals surface area contributed by atoms with Crippen LogP contribution >= 0.6 is 0 Å². The van der Waals surface area contributed by atoms with Crippen molar-refractivity contribution < 1.29 is 18.3 Å². The molecule has 1 N–H and O–H groups in total. The van der Waals surface area contributed by atoms with Crippen molar-refractivity contribution >= 4 is 6.08 Å². The van der Waals surface area contributed by atoms with Gasteiger partial charge in [0.1, 0.15) is 0 Å². The number of aliphatic hydroxyl groups excluding tert-OH is 1. The fourth-order valence-corrected chi connectivity index (χ4v) is 2.85. The Labute approximate surface area is 117 Å². The first kappa shape index (κ1) is 15.1. The molecular formula is C16H19F3O. The van der Waals surface area contributed by atoms with Crippen molar-refractivity contribution in [3.63, 3.8) is 0 Å². The summed E-state index contributed by atoms with van der Waals surface area (Å²) in [7, 11) is 0. The van der Waals surface area contributed by atoms with E-state index in [1.165, 1.54) is 24.6 Å². The summed E-state index contributed by atoms with van der Waals surface area (Å²) >= 11 is 0. The van der Waals surface area contributed by atoms with Gasteiger partial charge in [-0.3, -0.25) is 0 Å². The van der Waals surface area contributed by atoms with Crippen LogP contribution in [0.2, 0.25) is 0 Å². The summed E-state index contributed by atoms with van der Waals surface area (Å²) in [6.07, 6.45) is 2.43. The first-order valence-corrected chi connectivity index (χ1v) is 7.00. The summed E-state index contributed by atoms with van der Waals surface area (Å²) in [4.78, 5) is 0. The number of rotatable bonds is 3. The summed E-state index contributed by atoms with van der Waals surface area (Å²) in [6.45, 7) is -0.170. The average molecular weight is 284 g/mol. The van der Waals surface area contributed by atoms with E-state index in [4.69, 9.17) is 0 Å². The zero-order valence-corrected chi connectivity index (χ0v) is 11.3. The van der Waals surface area contributed by atoms with Gasteiger partial charge in [0.25, 0.3) is 0 Å². The van der Waals surface area contributed by atoms with E-state index in [9.17, 15) is 18.3 Å². The maximum atomic E-state index is 13.0. The molecule has 0 atom stereocenters. The van der Waals surface area contributed by atoms with Gasteiger partial charge in [-0.05, 0) is 36.0 Å². The van der Waals surface area contributed by atoms with Crippen LogP contribution in [0.25, 0.3) is 6.08 Å². The number of alkyl halides is 3. The molecule has 1 saturated carbocycles. The normalized spacial score (nSPS) is 18.3. The minimum Gasteiger partial charge on any atom is -0.392 e. The minimum absolute atomic E-state index is 0.148. The Kier molecular flexibility index (Phi) is 4.86. The molecule has 0 saturated heterocycles. The fraction of sp³-hybridized carbons (Fsp3) is 0.500. The monoisotopic (exact) mass is 284 g/mol. The highest BCUT2D eigenvalue weighted by atomic mass is 19.4. The van der Waals surface area contributed by atoms with Crippen LogP contribution in [-0.2, 0) is 6.18 Å². The molecular weight excluding hydrogens is 265 g/mol. The number of halogens is 3. The number of hydrogen-bond donors (Lipinski definition) is 1. The van der Waals surface area contributed by atoms with Gasteiger partial charge in [-0.25, -0.2) is 0 Å². The van der Waals surface area contributed by atoms with Gasteiger partial charge < -0.3 is 5.11 Å². The van der Waals surface area contributed by atoms with Crippen molar-refractivity contribution in [1.29, 1.82) is 0 Å². The van der Waals surface area contributed by atoms with Crippen LogP contribution in [0.5, 0.6) is 0 Å². The molecule has 1 aliphatic carbocycles. The van der Waals surface area contributed by atoms with Crippen LogP contribution in [0.4, 0.5) is 13.2 Å². The highest BCUT2D eigenvalue weighted by molar-refractivity contribution is 5.58. The molecule has 1 fully saturated rings. The third-order valence-electron chi connectivity index (χ3n) is 3.92. The summed E-state index contributed by atoms with van der Waals surface area (Å²) in [5.41, 5.74) is 0.234. The first-order chi connectivity index (χ1) is 9.52. The maximum Gasteiger partial charge on any atom is 0.416 e. The zero-order valence-electron chi connectivity index (χ0n) is 11.3. The molecule has 4 heteroatoms. The van der Waals surface area contributed by atoms with Crippen molar-refractivity contribution in [3.05, 3.63) is 41.0 Å². The van der Waals surface area contributed by atoms with E-state index < -0.39 is 11.7 Å². The van der Waals surface area contributed by atoms with E-state index in [1.54, 1.807) is 6.07 Å². The van der Waals surface area contributed by atoms with Gasteiger partial charge in [0.2, 0.25) is 0 Å². The molecule has 1 aromatic rings. The Bertz CT molecular complexity index is 471. The second kappa shape index (κ2) is 6.44. The van der Waals surface area contributed by atoms with Crippen LogP contribution in [-0.4, -0.2) is 11.7 Å². The fourth-order valence-electron chi connectivity index (χ4n) is 2.85. The highest BCUT2D eigenvalue weighted by Gasteiger charge is 2.32. The predicted molar refractivity (Wildman–Crippen MR) is 73.1 cm³/mol. The van der Waals surface area contributed by atoms with Gasteiger partial charge in [-0.2, -0.15) is 13.2 Å². The van der Waals surface area contributed by atoms with Gasteiger partial charge in [0.15, 0.2) is 0 Å². The van der Waals surface area contributed by atoms with Gasteiger partial charge in [-0.1, -0.05) is 43.5 Å². The second-order valence-electron chi connectivity index (χ2n) is 5.30. The lowest BCUT2D eigenvalue weighted by molar-refractivity contribution is -0.137. The lowest BCUT2D eigenvalue weighted by Crippen LogP contribution is -2.13. The summed E-state index contributed by atoms with van der Waals surface area (Å²) < 4.78 is 38.9. The third-order valence-corrected chi connectivity index (χ3v) is 3.92. The molecule has 0 unspecified atom stereocenters. The Morgan fingerprint density at radius 3 is 2.40 bits per heavy atom. The van der Waals surface area contributed by atoms with E-state index in [0.29, 0.717) is 0 Å². The molecule has 1 aliphatic rings. The molecule has 0 amide bonds. The van der Waals surface area contributed by atoms with E-state index >= 15 is 0 Å². The van der Waals surface area contributed by atoms with E-state index in [1.807, 2.05) is 0 Å². The van der Waals surface area contributed by atoms with Crippen LogP contribution in [0.3, 0.4) is 0 Å². The molecule has 0 spiro atoms. The average Bonchev–Trinajstić information content (AvgIpc) is 2.45. The standard InChI is InChI=1S/C16H19F3O/c17-16(18,19)15-9-5-4-8-13(15)10-14(11-20)12-6-2-1-3-7-12/h4-5,8-10,12,20H,1-3,6-7,11H2/b14-10-. The lowest BCUT2D eigenvalue weighted by Gasteiger charge is -2.24. The number of benzene rings is 1. The molecule has 0 aromatic heterocycles. The molecule has 2 rings (SSSR count). The predicted octanol–water partition coefficient (Wildman–Crippen LogP) is 4.66. The van der Waals surface area contributed by atoms with Crippen molar-refractivity contribution in [1.82, 2.24) is 0 Å². The Morgan fingerprint density at radius 1 is 1.15 bits per heavy atom. The quantitative estimate of drug-likeness (QED) is 0.855. The van der Waals surface area contributed by atoms with Gasteiger partial charge >= 0.3 is 6.18 Å². The summed E-state index contributed by atoms with van der Waals surface area (Å²) in [5, 5.41) is 9.48. The van der Waals surface area contributed by atoms with Crippen LogP contribution in [0.15, 0.2) is 29.8 Å². The number of aliphatic hydroxyl groups is 1. The lowest BCUT2D eigenvalue weighted by atomic mass is 9.83. The van der Waals surface area contributed by atoms with Crippen molar-refractivity contribution in [2.45, 2.75) is 38.3 Å². The molecule has 0 heterocycles. The van der Waals surface area contributed by atoms with Crippen LogP contribution in [0, 0.1) is 5.92 Å². The SMILES string of the molecule is OC/C(=C/c1ccccc1C(F)(F)F)C1CCCCC1. The summed E-state index contributed by atoms with van der Waals surface area (Å²) in [5.74, 6) is 0.218. The van der Waals surface area contributed by atoms with E-state index in [-0.39, 0.29) is 18.1 Å². The molecule has 20 heavy (non-hydrogen) atoms. The molecule has 0 aliphatic heterocycles. The summed E-state index contributed by atoms with van der Waals surface area (Å²) in [6, 6.07) is 5.53. The maximum absolute atomic E-state index is 13.0. The highest BCUT2D eigenvalue weighted by Crippen LogP contribution is 2.35. The molecule has 1 aromatic carbocycles. The van der Waals surface area contributed by atoms with E-state index in [0.717, 1.165) is 37.3 Å². The second-order valence-corrected chi connectivity index (χ2v) is 5.30. The van der Waals surface area contributed by atoms with Gasteiger partial charge in [0.05, 0.1) is 12.2 Å². The molecule has 0 radical (unpaired) electrons. The van der Waals surface area contributed by atoms with E-state index in [2.05, 4.69) is 0 Å². The van der Waals surface area contributed by atoms with Gasteiger partial charge in [0, 0.05) is 0 Å². The zero-order chi connectivity index (χ0) is 14.6. The minimum atomic E-state index is -4.36.